The summed E-state index contributed by atoms with van der Waals surface area (Å²) in [6.07, 6.45) is 0. The normalized spacial score (nSPS) is 10.4. The first-order valence-corrected chi connectivity index (χ1v) is 9.90. The molecular weight excluding hydrogens is 400 g/mol. The summed E-state index contributed by atoms with van der Waals surface area (Å²) in [5, 5.41) is 3.70. The average Bonchev–Trinajstić information content (AvgIpc) is 3.40. The van der Waals surface area contributed by atoms with Gasteiger partial charge in [0.1, 0.15) is 11.5 Å². The maximum atomic E-state index is 12.6. The molecule has 3 aromatic rings. The van der Waals surface area contributed by atoms with Crippen LogP contribution in [0.3, 0.4) is 0 Å². The van der Waals surface area contributed by atoms with Crippen molar-refractivity contribution in [2.24, 2.45) is 0 Å². The van der Waals surface area contributed by atoms with Crippen molar-refractivity contribution >= 4 is 34.6 Å². The Morgan fingerprint density at radius 2 is 1.11 bits per heavy atom. The second-order valence-corrected chi connectivity index (χ2v) is 7.39. The molecule has 0 aliphatic heterocycles. The van der Waals surface area contributed by atoms with Crippen LogP contribution < -0.4 is 9.47 Å². The van der Waals surface area contributed by atoms with Crippen molar-refractivity contribution in [2.45, 2.75) is 0 Å². The molecule has 0 bridgehead atoms. The lowest BCUT2D eigenvalue weighted by Crippen LogP contribution is -2.09. The third-order valence-electron chi connectivity index (χ3n) is 4.16. The first kappa shape index (κ1) is 19.9. The molecule has 2 heterocycles. The van der Waals surface area contributed by atoms with E-state index in [1.54, 1.807) is 38.5 Å². The van der Waals surface area contributed by atoms with Gasteiger partial charge in [-0.05, 0) is 35.0 Å². The van der Waals surface area contributed by atoms with Crippen LogP contribution in [0, 0.1) is 0 Å². The van der Waals surface area contributed by atoms with E-state index in [0.717, 1.165) is 9.75 Å². The minimum atomic E-state index is -0.515. The molecule has 0 unspecified atom stereocenters. The second-order valence-electron chi connectivity index (χ2n) is 5.56. The quantitative estimate of drug-likeness (QED) is 0.539. The summed E-state index contributed by atoms with van der Waals surface area (Å²) in [4.78, 5) is 26.5. The molecule has 0 aliphatic carbocycles. The molecule has 8 heteroatoms. The van der Waals surface area contributed by atoms with Crippen molar-refractivity contribution in [3.8, 4) is 32.4 Å². The van der Waals surface area contributed by atoms with Gasteiger partial charge in [-0.2, -0.15) is 0 Å². The lowest BCUT2D eigenvalue weighted by molar-refractivity contribution is 0.0588. The highest BCUT2D eigenvalue weighted by atomic mass is 32.1. The monoisotopic (exact) mass is 418 g/mol. The van der Waals surface area contributed by atoms with Gasteiger partial charge in [-0.15, -0.1) is 22.7 Å². The molecule has 0 saturated carbocycles. The van der Waals surface area contributed by atoms with Gasteiger partial charge in [0.05, 0.1) is 49.3 Å². The molecule has 6 nitrogen and oxygen atoms in total. The molecule has 1 aromatic carbocycles. The number of carbonyl (C=O) groups is 2. The standard InChI is InChI=1S/C20H18O6S2/c1-23-15-5-7-27-17(15)11-9-14(20(22)26-4)12(10-13(11)19(21)25-3)18-16(24-2)6-8-28-18/h5-10H,1-4H3. The van der Waals surface area contributed by atoms with Crippen LogP contribution in [0.2, 0.25) is 0 Å². The molecule has 2 aromatic heterocycles. The van der Waals surface area contributed by atoms with Gasteiger partial charge in [-0.25, -0.2) is 9.59 Å². The molecule has 0 radical (unpaired) electrons. The van der Waals surface area contributed by atoms with Crippen LogP contribution in [0.4, 0.5) is 0 Å². The van der Waals surface area contributed by atoms with Crippen LogP contribution in [0.1, 0.15) is 20.7 Å². The highest BCUT2D eigenvalue weighted by Gasteiger charge is 2.26. The Kier molecular flexibility index (Phi) is 6.01. The fraction of sp³-hybridized carbons (Fsp3) is 0.200. The largest absolute Gasteiger partial charge is 0.495 e. The van der Waals surface area contributed by atoms with Gasteiger partial charge in [0.2, 0.25) is 0 Å². The summed E-state index contributed by atoms with van der Waals surface area (Å²) < 4.78 is 20.8. The summed E-state index contributed by atoms with van der Waals surface area (Å²) in [5.41, 5.74) is 1.72. The molecular formula is C20H18O6S2. The molecule has 0 aliphatic rings. The van der Waals surface area contributed by atoms with E-state index in [4.69, 9.17) is 18.9 Å². The van der Waals surface area contributed by atoms with Crippen molar-refractivity contribution in [1.29, 1.82) is 0 Å². The van der Waals surface area contributed by atoms with Gasteiger partial charge in [0, 0.05) is 11.1 Å². The number of hydrogen-bond donors (Lipinski definition) is 0. The average molecular weight is 418 g/mol. The molecule has 0 saturated heterocycles. The Labute approximate surface area is 170 Å². The van der Waals surface area contributed by atoms with E-state index in [0.29, 0.717) is 33.8 Å². The smallest absolute Gasteiger partial charge is 0.338 e. The summed E-state index contributed by atoms with van der Waals surface area (Å²) in [5.74, 6) is 0.178. The van der Waals surface area contributed by atoms with Gasteiger partial charge < -0.3 is 18.9 Å². The SMILES string of the molecule is COC(=O)c1cc(-c2sccc2OC)c(C(=O)OC)cc1-c1sccc1OC. The van der Waals surface area contributed by atoms with Crippen LogP contribution in [-0.4, -0.2) is 40.4 Å². The Morgan fingerprint density at radius 1 is 0.714 bits per heavy atom. The van der Waals surface area contributed by atoms with Crippen molar-refractivity contribution in [3.63, 3.8) is 0 Å². The fourth-order valence-corrected chi connectivity index (χ4v) is 4.62. The van der Waals surface area contributed by atoms with Crippen LogP contribution in [0.5, 0.6) is 11.5 Å². The summed E-state index contributed by atoms with van der Waals surface area (Å²) in [6, 6.07) is 6.88. The number of esters is 2. The van der Waals surface area contributed by atoms with Crippen molar-refractivity contribution in [2.75, 3.05) is 28.4 Å². The lowest BCUT2D eigenvalue weighted by atomic mass is 9.95. The van der Waals surface area contributed by atoms with E-state index in [-0.39, 0.29) is 0 Å². The maximum absolute atomic E-state index is 12.6. The third-order valence-corrected chi connectivity index (χ3v) is 6.01. The van der Waals surface area contributed by atoms with Crippen LogP contribution >= 0.6 is 22.7 Å². The molecule has 0 spiro atoms. The van der Waals surface area contributed by atoms with Gasteiger partial charge in [-0.3, -0.25) is 0 Å². The zero-order valence-electron chi connectivity index (χ0n) is 15.7. The Morgan fingerprint density at radius 3 is 1.43 bits per heavy atom. The highest BCUT2D eigenvalue weighted by molar-refractivity contribution is 7.14. The van der Waals surface area contributed by atoms with Crippen LogP contribution in [-0.2, 0) is 9.47 Å². The van der Waals surface area contributed by atoms with E-state index in [1.807, 2.05) is 10.8 Å². The Balaban J connectivity index is 2.35. The Bertz CT molecular complexity index is 936. The molecule has 0 atom stereocenters. The lowest BCUT2D eigenvalue weighted by Gasteiger charge is -2.15. The third kappa shape index (κ3) is 3.48. The number of benzene rings is 1. The van der Waals surface area contributed by atoms with E-state index >= 15 is 0 Å². The maximum Gasteiger partial charge on any atom is 0.338 e. The van der Waals surface area contributed by atoms with E-state index in [2.05, 4.69) is 0 Å². The zero-order chi connectivity index (χ0) is 20.3. The minimum absolute atomic E-state index is 0.321. The van der Waals surface area contributed by atoms with Gasteiger partial charge >= 0.3 is 11.9 Å². The number of hydrogen-bond acceptors (Lipinski definition) is 8. The molecule has 0 N–H and O–H groups in total. The first-order chi connectivity index (χ1) is 13.5. The van der Waals surface area contributed by atoms with E-state index in [9.17, 15) is 9.59 Å². The van der Waals surface area contributed by atoms with Crippen molar-refractivity contribution in [1.82, 2.24) is 0 Å². The molecule has 146 valence electrons. The van der Waals surface area contributed by atoms with E-state index < -0.39 is 11.9 Å². The summed E-state index contributed by atoms with van der Waals surface area (Å²) in [6.45, 7) is 0. The number of ether oxygens (including phenoxy) is 4. The van der Waals surface area contributed by atoms with Crippen LogP contribution in [0.15, 0.2) is 35.0 Å². The van der Waals surface area contributed by atoms with Gasteiger partial charge in [-0.1, -0.05) is 0 Å². The topological polar surface area (TPSA) is 71.1 Å². The second kappa shape index (κ2) is 8.45. The van der Waals surface area contributed by atoms with E-state index in [1.165, 1.54) is 36.9 Å². The highest BCUT2D eigenvalue weighted by Crippen LogP contribution is 2.43. The predicted octanol–water partition coefficient (Wildman–Crippen LogP) is 4.73. The van der Waals surface area contributed by atoms with Crippen molar-refractivity contribution in [3.05, 3.63) is 46.2 Å². The summed E-state index contributed by atoms with van der Waals surface area (Å²) >= 11 is 2.80. The minimum Gasteiger partial charge on any atom is -0.495 e. The fourth-order valence-electron chi connectivity index (χ4n) is 2.84. The van der Waals surface area contributed by atoms with Gasteiger partial charge in [0.25, 0.3) is 0 Å². The molecule has 0 amide bonds. The van der Waals surface area contributed by atoms with Crippen LogP contribution in [0.25, 0.3) is 20.9 Å². The zero-order valence-corrected chi connectivity index (χ0v) is 17.4. The number of thiophene rings is 2. The number of methoxy groups -OCH3 is 4. The predicted molar refractivity (Wildman–Crippen MR) is 109 cm³/mol. The molecule has 0 fully saturated rings. The molecule has 28 heavy (non-hydrogen) atoms. The van der Waals surface area contributed by atoms with Crippen molar-refractivity contribution < 1.29 is 28.5 Å². The first-order valence-electron chi connectivity index (χ1n) is 8.14. The Hall–Kier alpha value is -2.84. The number of rotatable bonds is 6. The number of carbonyl (C=O) groups excluding carboxylic acids is 2. The summed E-state index contributed by atoms with van der Waals surface area (Å²) in [7, 11) is 5.74. The molecule has 3 rings (SSSR count). The van der Waals surface area contributed by atoms with Gasteiger partial charge in [0.15, 0.2) is 0 Å².